The average Bonchev–Trinajstić information content (AvgIpc) is 2.71. The van der Waals surface area contributed by atoms with Crippen molar-refractivity contribution in [1.29, 1.82) is 0 Å². The summed E-state index contributed by atoms with van der Waals surface area (Å²) in [5, 5.41) is 4.04. The molecule has 2 rings (SSSR count). The summed E-state index contributed by atoms with van der Waals surface area (Å²) in [6.45, 7) is 0. The maximum atomic E-state index is 6.13. The van der Waals surface area contributed by atoms with E-state index in [2.05, 4.69) is 55.4 Å². The number of thiophene rings is 1. The van der Waals surface area contributed by atoms with Crippen LogP contribution >= 0.6 is 54.8 Å². The zero-order valence-corrected chi connectivity index (χ0v) is 13.8. The Balaban J connectivity index is 2.38. The SMILES string of the molecule is CNC(c1ccc(Br)c(Cl)c1)c1ccc(Br)s1. The van der Waals surface area contributed by atoms with Gasteiger partial charge in [0.2, 0.25) is 0 Å². The van der Waals surface area contributed by atoms with Crippen LogP contribution in [-0.4, -0.2) is 7.05 Å². The van der Waals surface area contributed by atoms with Crippen LogP contribution in [0.5, 0.6) is 0 Å². The highest BCUT2D eigenvalue weighted by Crippen LogP contribution is 2.33. The lowest BCUT2D eigenvalue weighted by Crippen LogP contribution is -2.16. The van der Waals surface area contributed by atoms with Crippen LogP contribution in [0, 0.1) is 0 Å². The van der Waals surface area contributed by atoms with Gasteiger partial charge in [0.25, 0.3) is 0 Å². The number of hydrogen-bond acceptors (Lipinski definition) is 2. The number of rotatable bonds is 3. The van der Waals surface area contributed by atoms with Crippen molar-refractivity contribution < 1.29 is 0 Å². The zero-order valence-electron chi connectivity index (χ0n) is 9.01. The third-order valence-electron chi connectivity index (χ3n) is 2.44. The quantitative estimate of drug-likeness (QED) is 0.750. The van der Waals surface area contributed by atoms with Gasteiger partial charge < -0.3 is 5.32 Å². The van der Waals surface area contributed by atoms with Crippen LogP contribution < -0.4 is 5.32 Å². The second-order valence-corrected chi connectivity index (χ2v) is 7.29. The molecule has 2 aromatic rings. The summed E-state index contributed by atoms with van der Waals surface area (Å²) < 4.78 is 2.06. The van der Waals surface area contributed by atoms with E-state index >= 15 is 0 Å². The Labute approximate surface area is 126 Å². The molecule has 0 amide bonds. The fourth-order valence-electron chi connectivity index (χ4n) is 1.65. The van der Waals surface area contributed by atoms with Crippen LogP contribution in [0.15, 0.2) is 38.6 Å². The largest absolute Gasteiger partial charge is 0.309 e. The Morgan fingerprint density at radius 1 is 1.24 bits per heavy atom. The third kappa shape index (κ3) is 3.12. The summed E-state index contributed by atoms with van der Waals surface area (Å²) in [5.41, 5.74) is 1.16. The first-order valence-corrected chi connectivity index (χ1v) is 7.77. The van der Waals surface area contributed by atoms with E-state index in [1.165, 1.54) is 4.88 Å². The molecule has 0 aliphatic carbocycles. The van der Waals surface area contributed by atoms with Crippen LogP contribution in [0.25, 0.3) is 0 Å². The van der Waals surface area contributed by atoms with Gasteiger partial charge in [-0.25, -0.2) is 0 Å². The first kappa shape index (κ1) is 13.6. The van der Waals surface area contributed by atoms with E-state index in [4.69, 9.17) is 11.6 Å². The van der Waals surface area contributed by atoms with E-state index in [1.54, 1.807) is 11.3 Å². The highest BCUT2D eigenvalue weighted by Gasteiger charge is 2.14. The zero-order chi connectivity index (χ0) is 12.4. The fourth-order valence-corrected chi connectivity index (χ4v) is 3.65. The summed E-state index contributed by atoms with van der Waals surface area (Å²) >= 11 is 14.7. The highest BCUT2D eigenvalue weighted by molar-refractivity contribution is 9.11. The Morgan fingerprint density at radius 3 is 2.53 bits per heavy atom. The van der Waals surface area contributed by atoms with Crippen molar-refractivity contribution in [3.8, 4) is 0 Å². The van der Waals surface area contributed by atoms with E-state index in [1.807, 2.05) is 19.2 Å². The van der Waals surface area contributed by atoms with Crippen molar-refractivity contribution in [1.82, 2.24) is 5.32 Å². The third-order valence-corrected chi connectivity index (χ3v) is 5.37. The molecule has 5 heteroatoms. The molecule has 0 bridgehead atoms. The summed E-state index contributed by atoms with van der Waals surface area (Å²) in [5.74, 6) is 0. The van der Waals surface area contributed by atoms with Gasteiger partial charge >= 0.3 is 0 Å². The van der Waals surface area contributed by atoms with Crippen LogP contribution in [0.1, 0.15) is 16.5 Å². The lowest BCUT2D eigenvalue weighted by atomic mass is 10.1. The molecule has 1 N–H and O–H groups in total. The van der Waals surface area contributed by atoms with E-state index < -0.39 is 0 Å². The fraction of sp³-hybridized carbons (Fsp3) is 0.167. The minimum absolute atomic E-state index is 0.178. The number of hydrogen-bond donors (Lipinski definition) is 1. The average molecular weight is 396 g/mol. The Hall–Kier alpha value is 0.130. The summed E-state index contributed by atoms with van der Waals surface area (Å²) in [6.07, 6.45) is 0. The molecule has 1 aromatic carbocycles. The monoisotopic (exact) mass is 393 g/mol. The molecule has 1 aromatic heterocycles. The van der Waals surface area contributed by atoms with Gasteiger partial charge in [0.1, 0.15) is 0 Å². The van der Waals surface area contributed by atoms with Crippen molar-refractivity contribution in [2.24, 2.45) is 0 Å². The Morgan fingerprint density at radius 2 is 2.00 bits per heavy atom. The standard InChI is InChI=1S/C12H10Br2ClNS/c1-16-12(10-4-5-11(14)17-10)7-2-3-8(13)9(15)6-7/h2-6,12,16H,1H3. The van der Waals surface area contributed by atoms with Gasteiger partial charge in [-0.2, -0.15) is 0 Å². The lowest BCUT2D eigenvalue weighted by Gasteiger charge is -2.15. The van der Waals surface area contributed by atoms with Gasteiger partial charge in [0, 0.05) is 9.35 Å². The maximum absolute atomic E-state index is 6.13. The molecule has 0 saturated carbocycles. The predicted molar refractivity (Wildman–Crippen MR) is 82.1 cm³/mol. The maximum Gasteiger partial charge on any atom is 0.0702 e. The Bertz CT molecular complexity index is 527. The van der Waals surface area contributed by atoms with Gasteiger partial charge in [-0.3, -0.25) is 0 Å². The van der Waals surface area contributed by atoms with E-state index in [0.717, 1.165) is 18.8 Å². The molecule has 90 valence electrons. The van der Waals surface area contributed by atoms with Crippen molar-refractivity contribution in [3.63, 3.8) is 0 Å². The normalized spacial score (nSPS) is 12.7. The van der Waals surface area contributed by atoms with Crippen LogP contribution in [0.3, 0.4) is 0 Å². The molecule has 0 fully saturated rings. The van der Waals surface area contributed by atoms with Crippen molar-refractivity contribution in [2.75, 3.05) is 7.05 Å². The molecule has 1 heterocycles. The topological polar surface area (TPSA) is 12.0 Å². The van der Waals surface area contributed by atoms with E-state index in [0.29, 0.717) is 0 Å². The minimum Gasteiger partial charge on any atom is -0.309 e. The molecule has 1 atom stereocenters. The minimum atomic E-state index is 0.178. The van der Waals surface area contributed by atoms with Crippen LogP contribution in [0.4, 0.5) is 0 Å². The van der Waals surface area contributed by atoms with Gasteiger partial charge in [-0.15, -0.1) is 11.3 Å². The lowest BCUT2D eigenvalue weighted by molar-refractivity contribution is 0.704. The Kier molecular flexibility index (Phi) is 4.66. The first-order valence-electron chi connectivity index (χ1n) is 4.99. The summed E-state index contributed by atoms with van der Waals surface area (Å²) in [4.78, 5) is 1.26. The number of halogens is 3. The number of nitrogens with one attached hydrogen (secondary N) is 1. The molecule has 1 unspecified atom stereocenters. The summed E-state index contributed by atoms with van der Waals surface area (Å²) in [7, 11) is 1.95. The van der Waals surface area contributed by atoms with Crippen molar-refractivity contribution >= 4 is 54.8 Å². The molecular weight excluding hydrogens is 385 g/mol. The molecule has 0 saturated heterocycles. The smallest absolute Gasteiger partial charge is 0.0702 e. The van der Waals surface area contributed by atoms with E-state index in [9.17, 15) is 0 Å². The molecule has 1 nitrogen and oxygen atoms in total. The van der Waals surface area contributed by atoms with Gasteiger partial charge in [-0.1, -0.05) is 17.7 Å². The molecular formula is C12H10Br2ClNS. The first-order chi connectivity index (χ1) is 8.11. The van der Waals surface area contributed by atoms with E-state index in [-0.39, 0.29) is 6.04 Å². The van der Waals surface area contributed by atoms with Crippen molar-refractivity contribution in [2.45, 2.75) is 6.04 Å². The van der Waals surface area contributed by atoms with Crippen LogP contribution in [0.2, 0.25) is 5.02 Å². The molecule has 0 radical (unpaired) electrons. The molecule has 17 heavy (non-hydrogen) atoms. The number of benzene rings is 1. The molecule has 0 aliphatic heterocycles. The van der Waals surface area contributed by atoms with Gasteiger partial charge in [0.05, 0.1) is 14.9 Å². The second kappa shape index (κ2) is 5.85. The van der Waals surface area contributed by atoms with Gasteiger partial charge in [-0.05, 0) is 68.7 Å². The molecule has 0 spiro atoms. The van der Waals surface area contributed by atoms with Gasteiger partial charge in [0.15, 0.2) is 0 Å². The second-order valence-electron chi connectivity index (χ2n) is 3.54. The predicted octanol–water partition coefficient (Wildman–Crippen LogP) is 5.24. The highest BCUT2D eigenvalue weighted by atomic mass is 79.9. The van der Waals surface area contributed by atoms with Crippen LogP contribution in [-0.2, 0) is 0 Å². The summed E-state index contributed by atoms with van der Waals surface area (Å²) in [6, 6.07) is 10.4. The van der Waals surface area contributed by atoms with Crippen molar-refractivity contribution in [3.05, 3.63) is 54.1 Å². The molecule has 0 aliphatic rings.